The molecule has 0 aliphatic carbocycles. The van der Waals surface area contributed by atoms with Gasteiger partial charge < -0.3 is 5.11 Å². The molecule has 0 fully saturated rings. The standard InChI is InChI=1S/C13H9F3N2O2/c14-13(15,16)10-4-9(8-2-1-3-17-6-8)7-18-11(10)5-12(19)20/h1-4,6-7H,5H2,(H,19,20). The fraction of sp³-hybridized carbons (Fsp3) is 0.154. The maximum absolute atomic E-state index is 12.9. The van der Waals surface area contributed by atoms with Crippen molar-refractivity contribution in [1.82, 2.24) is 9.97 Å². The maximum atomic E-state index is 12.9. The predicted octanol–water partition coefficient (Wildman–Crippen LogP) is 2.79. The van der Waals surface area contributed by atoms with E-state index in [0.717, 1.165) is 6.07 Å². The highest BCUT2D eigenvalue weighted by atomic mass is 19.4. The van der Waals surface area contributed by atoms with Gasteiger partial charge in [0.15, 0.2) is 0 Å². The summed E-state index contributed by atoms with van der Waals surface area (Å²) in [6.07, 6.45) is -1.31. The minimum atomic E-state index is -4.66. The van der Waals surface area contributed by atoms with Crippen LogP contribution >= 0.6 is 0 Å². The van der Waals surface area contributed by atoms with Crippen LogP contribution in [0.2, 0.25) is 0 Å². The van der Waals surface area contributed by atoms with E-state index in [4.69, 9.17) is 5.11 Å². The van der Waals surface area contributed by atoms with Crippen molar-refractivity contribution in [2.75, 3.05) is 0 Å². The molecule has 0 unspecified atom stereocenters. The van der Waals surface area contributed by atoms with Crippen LogP contribution in [0.1, 0.15) is 11.3 Å². The zero-order chi connectivity index (χ0) is 14.8. The molecule has 0 aliphatic heterocycles. The summed E-state index contributed by atoms with van der Waals surface area (Å²) < 4.78 is 38.8. The molecule has 7 heteroatoms. The van der Waals surface area contributed by atoms with Crippen LogP contribution in [0.25, 0.3) is 11.1 Å². The number of carboxylic acids is 1. The van der Waals surface area contributed by atoms with Gasteiger partial charge in [0, 0.05) is 29.7 Å². The van der Waals surface area contributed by atoms with Crippen molar-refractivity contribution in [2.24, 2.45) is 0 Å². The average Bonchev–Trinajstić information content (AvgIpc) is 2.38. The second-order valence-corrected chi connectivity index (χ2v) is 4.03. The van der Waals surface area contributed by atoms with Crippen LogP contribution in [0.5, 0.6) is 0 Å². The molecule has 2 heterocycles. The first-order chi connectivity index (χ1) is 9.38. The van der Waals surface area contributed by atoms with Gasteiger partial charge in [0.2, 0.25) is 0 Å². The molecule has 0 bridgehead atoms. The van der Waals surface area contributed by atoms with E-state index in [1.54, 1.807) is 12.1 Å². The van der Waals surface area contributed by atoms with Crippen LogP contribution in [0.15, 0.2) is 36.8 Å². The van der Waals surface area contributed by atoms with Gasteiger partial charge in [-0.15, -0.1) is 0 Å². The number of aliphatic carboxylic acids is 1. The molecule has 2 aromatic heterocycles. The molecule has 0 radical (unpaired) electrons. The smallest absolute Gasteiger partial charge is 0.418 e. The third-order valence-corrected chi connectivity index (χ3v) is 2.59. The van der Waals surface area contributed by atoms with E-state index in [1.807, 2.05) is 0 Å². The molecule has 2 aromatic rings. The molecule has 2 rings (SSSR count). The largest absolute Gasteiger partial charge is 0.481 e. The van der Waals surface area contributed by atoms with Crippen molar-refractivity contribution in [1.29, 1.82) is 0 Å². The lowest BCUT2D eigenvalue weighted by Gasteiger charge is -2.12. The summed E-state index contributed by atoms with van der Waals surface area (Å²) in [5.74, 6) is -1.36. The zero-order valence-electron chi connectivity index (χ0n) is 10.1. The molecule has 1 N–H and O–H groups in total. The number of carbonyl (C=O) groups is 1. The van der Waals surface area contributed by atoms with E-state index < -0.39 is 29.8 Å². The number of aromatic nitrogens is 2. The summed E-state index contributed by atoms with van der Waals surface area (Å²) in [5.41, 5.74) is -0.828. The summed E-state index contributed by atoms with van der Waals surface area (Å²) in [6, 6.07) is 4.08. The van der Waals surface area contributed by atoms with Gasteiger partial charge in [-0.05, 0) is 12.1 Å². The number of carboxylic acid groups (broad SMARTS) is 1. The molecule has 0 atom stereocenters. The monoisotopic (exact) mass is 282 g/mol. The summed E-state index contributed by atoms with van der Waals surface area (Å²) in [5, 5.41) is 8.63. The van der Waals surface area contributed by atoms with E-state index in [2.05, 4.69) is 9.97 Å². The van der Waals surface area contributed by atoms with Gasteiger partial charge in [0.05, 0.1) is 17.7 Å². The molecule has 0 aliphatic rings. The Balaban J connectivity index is 2.52. The molecule has 4 nitrogen and oxygen atoms in total. The Hall–Kier alpha value is -2.44. The number of hydrogen-bond acceptors (Lipinski definition) is 3. The number of rotatable bonds is 3. The highest BCUT2D eigenvalue weighted by Gasteiger charge is 2.35. The minimum Gasteiger partial charge on any atom is -0.481 e. The highest BCUT2D eigenvalue weighted by molar-refractivity contribution is 5.71. The van der Waals surface area contributed by atoms with Crippen LogP contribution in [0.3, 0.4) is 0 Å². The molecule has 0 amide bonds. The predicted molar refractivity (Wildman–Crippen MR) is 63.8 cm³/mol. The van der Waals surface area contributed by atoms with E-state index in [0.29, 0.717) is 5.56 Å². The van der Waals surface area contributed by atoms with Crippen LogP contribution in [-0.2, 0) is 17.4 Å². The third-order valence-electron chi connectivity index (χ3n) is 2.59. The van der Waals surface area contributed by atoms with Gasteiger partial charge in [-0.3, -0.25) is 14.8 Å². The Bertz CT molecular complexity index is 627. The number of nitrogens with zero attached hydrogens (tertiary/aromatic N) is 2. The van der Waals surface area contributed by atoms with Gasteiger partial charge in [0.25, 0.3) is 0 Å². The van der Waals surface area contributed by atoms with Crippen molar-refractivity contribution in [3.05, 3.63) is 48.0 Å². The molecule has 20 heavy (non-hydrogen) atoms. The number of pyridine rings is 2. The molecule has 104 valence electrons. The van der Waals surface area contributed by atoms with E-state index >= 15 is 0 Å². The number of hydrogen-bond donors (Lipinski definition) is 1. The zero-order valence-corrected chi connectivity index (χ0v) is 10.1. The fourth-order valence-electron chi connectivity index (χ4n) is 1.71. The molecule has 0 saturated heterocycles. The fourth-order valence-corrected chi connectivity index (χ4v) is 1.71. The van der Waals surface area contributed by atoms with Crippen LogP contribution in [0, 0.1) is 0 Å². The maximum Gasteiger partial charge on any atom is 0.418 e. The average molecular weight is 282 g/mol. The summed E-state index contributed by atoms with van der Waals surface area (Å²) >= 11 is 0. The van der Waals surface area contributed by atoms with Crippen molar-refractivity contribution >= 4 is 5.97 Å². The van der Waals surface area contributed by atoms with Gasteiger partial charge >= 0.3 is 12.1 Å². The van der Waals surface area contributed by atoms with Crippen LogP contribution in [-0.4, -0.2) is 21.0 Å². The first kappa shape index (κ1) is 14.0. The first-order valence-electron chi connectivity index (χ1n) is 5.56. The number of alkyl halides is 3. The van der Waals surface area contributed by atoms with Gasteiger partial charge in [-0.2, -0.15) is 13.2 Å². The van der Waals surface area contributed by atoms with E-state index in [9.17, 15) is 18.0 Å². The van der Waals surface area contributed by atoms with Gasteiger partial charge in [0.1, 0.15) is 0 Å². The summed E-state index contributed by atoms with van der Waals surface area (Å²) in [7, 11) is 0. The minimum absolute atomic E-state index is 0.236. The second kappa shape index (κ2) is 5.28. The SMILES string of the molecule is O=C(O)Cc1ncc(-c2cccnc2)cc1C(F)(F)F. The van der Waals surface area contributed by atoms with E-state index in [1.165, 1.54) is 18.6 Å². The van der Waals surface area contributed by atoms with Crippen molar-refractivity contribution in [3.63, 3.8) is 0 Å². The van der Waals surface area contributed by atoms with Gasteiger partial charge in [-0.1, -0.05) is 6.07 Å². The Morgan fingerprint density at radius 2 is 2.00 bits per heavy atom. The number of halogens is 3. The van der Waals surface area contributed by atoms with Gasteiger partial charge in [-0.25, -0.2) is 0 Å². The van der Waals surface area contributed by atoms with Crippen molar-refractivity contribution in [2.45, 2.75) is 12.6 Å². The summed E-state index contributed by atoms with van der Waals surface area (Å²) in [4.78, 5) is 18.0. The summed E-state index contributed by atoms with van der Waals surface area (Å²) in [6.45, 7) is 0. The quantitative estimate of drug-likeness (QED) is 0.940. The third kappa shape index (κ3) is 3.11. The molecule has 0 saturated carbocycles. The Kier molecular flexibility index (Phi) is 3.69. The van der Waals surface area contributed by atoms with Crippen LogP contribution < -0.4 is 0 Å². The molecular formula is C13H9F3N2O2. The van der Waals surface area contributed by atoms with Crippen molar-refractivity contribution in [3.8, 4) is 11.1 Å². The topological polar surface area (TPSA) is 63.1 Å². The van der Waals surface area contributed by atoms with Crippen LogP contribution in [0.4, 0.5) is 13.2 Å². The lowest BCUT2D eigenvalue weighted by Crippen LogP contribution is -2.14. The molecule has 0 aromatic carbocycles. The molecular weight excluding hydrogens is 273 g/mol. The Morgan fingerprint density at radius 3 is 2.55 bits per heavy atom. The Morgan fingerprint density at radius 1 is 1.25 bits per heavy atom. The lowest BCUT2D eigenvalue weighted by atomic mass is 10.0. The lowest BCUT2D eigenvalue weighted by molar-refractivity contribution is -0.140. The second-order valence-electron chi connectivity index (χ2n) is 4.03. The Labute approximate surface area is 111 Å². The highest BCUT2D eigenvalue weighted by Crippen LogP contribution is 2.34. The van der Waals surface area contributed by atoms with Crippen molar-refractivity contribution < 1.29 is 23.1 Å². The molecule has 0 spiro atoms. The van der Waals surface area contributed by atoms with E-state index in [-0.39, 0.29) is 5.56 Å². The first-order valence-corrected chi connectivity index (χ1v) is 5.56. The normalized spacial score (nSPS) is 11.3.